The summed E-state index contributed by atoms with van der Waals surface area (Å²) in [5, 5.41) is 37.6. The van der Waals surface area contributed by atoms with E-state index in [4.69, 9.17) is 5.11 Å². The lowest BCUT2D eigenvalue weighted by Gasteiger charge is -2.08. The van der Waals surface area contributed by atoms with Gasteiger partial charge in [0.15, 0.2) is 0 Å². The van der Waals surface area contributed by atoms with E-state index in [1.165, 1.54) is 19.3 Å². The van der Waals surface area contributed by atoms with E-state index in [1.54, 1.807) is 36.5 Å². The molecule has 4 N–H and O–H groups in total. The molecule has 3 unspecified atom stereocenters. The SMILES string of the molecule is CCCCC/C=C\CC(O)/C=C/C=C/C=C\C(O)CCCC(O)CC(=O)O. The first-order valence-corrected chi connectivity index (χ1v) is 9.88. The Bertz CT molecular complexity index is 479. The maximum Gasteiger partial charge on any atom is 0.305 e. The molecule has 3 atom stereocenters. The van der Waals surface area contributed by atoms with E-state index in [9.17, 15) is 20.1 Å². The van der Waals surface area contributed by atoms with Crippen LogP contribution in [-0.2, 0) is 4.79 Å². The Kier molecular flexibility index (Phi) is 16.6. The van der Waals surface area contributed by atoms with Gasteiger partial charge >= 0.3 is 5.97 Å². The van der Waals surface area contributed by atoms with E-state index in [2.05, 4.69) is 13.0 Å². The van der Waals surface area contributed by atoms with Crippen LogP contribution < -0.4 is 0 Å². The first-order chi connectivity index (χ1) is 13.0. The number of aliphatic carboxylic acids is 1. The number of unbranched alkanes of at least 4 members (excludes halogenated alkanes) is 3. The molecule has 5 heteroatoms. The highest BCUT2D eigenvalue weighted by molar-refractivity contribution is 5.67. The maximum atomic E-state index is 10.4. The largest absolute Gasteiger partial charge is 0.481 e. The van der Waals surface area contributed by atoms with Gasteiger partial charge in [-0.25, -0.2) is 0 Å². The van der Waals surface area contributed by atoms with Crippen LogP contribution >= 0.6 is 0 Å². The van der Waals surface area contributed by atoms with Crippen molar-refractivity contribution < 1.29 is 25.2 Å². The summed E-state index contributed by atoms with van der Waals surface area (Å²) in [6, 6.07) is 0. The molecule has 27 heavy (non-hydrogen) atoms. The van der Waals surface area contributed by atoms with Gasteiger partial charge in [-0.2, -0.15) is 0 Å². The molecule has 0 fully saturated rings. The molecular formula is C22H36O5. The third kappa shape index (κ3) is 18.9. The molecule has 0 aliphatic rings. The van der Waals surface area contributed by atoms with Crippen molar-refractivity contribution in [3.63, 3.8) is 0 Å². The molecule has 0 aliphatic heterocycles. The second-order valence-corrected chi connectivity index (χ2v) is 6.67. The maximum absolute atomic E-state index is 10.4. The van der Waals surface area contributed by atoms with Crippen LogP contribution in [0.4, 0.5) is 0 Å². The minimum Gasteiger partial charge on any atom is -0.481 e. The van der Waals surface area contributed by atoms with Crippen LogP contribution in [0.25, 0.3) is 0 Å². The van der Waals surface area contributed by atoms with Crippen molar-refractivity contribution in [1.29, 1.82) is 0 Å². The summed E-state index contributed by atoms with van der Waals surface area (Å²) in [5.41, 5.74) is 0. The fourth-order valence-electron chi connectivity index (χ4n) is 2.42. The van der Waals surface area contributed by atoms with Gasteiger partial charge in [0, 0.05) is 0 Å². The number of aliphatic hydroxyl groups excluding tert-OH is 3. The Hall–Kier alpha value is -1.69. The van der Waals surface area contributed by atoms with Gasteiger partial charge in [0.05, 0.1) is 24.7 Å². The van der Waals surface area contributed by atoms with Gasteiger partial charge in [-0.05, 0) is 38.5 Å². The number of rotatable bonds is 16. The molecule has 0 heterocycles. The number of carboxylic acids is 1. The Morgan fingerprint density at radius 3 is 2.15 bits per heavy atom. The molecule has 0 saturated heterocycles. The van der Waals surface area contributed by atoms with Crippen molar-refractivity contribution in [2.45, 2.75) is 83.0 Å². The molecule has 0 aromatic heterocycles. The zero-order valence-electron chi connectivity index (χ0n) is 16.4. The van der Waals surface area contributed by atoms with E-state index in [0.717, 1.165) is 6.42 Å². The zero-order chi connectivity index (χ0) is 20.3. The zero-order valence-corrected chi connectivity index (χ0v) is 16.4. The third-order valence-corrected chi connectivity index (χ3v) is 3.97. The van der Waals surface area contributed by atoms with Crippen molar-refractivity contribution in [3.05, 3.63) is 48.6 Å². The molecule has 0 bridgehead atoms. The van der Waals surface area contributed by atoms with Crippen LogP contribution in [0.3, 0.4) is 0 Å². The highest BCUT2D eigenvalue weighted by atomic mass is 16.4. The molecule has 0 radical (unpaired) electrons. The van der Waals surface area contributed by atoms with Crippen molar-refractivity contribution in [2.75, 3.05) is 0 Å². The van der Waals surface area contributed by atoms with Crippen LogP contribution in [0.1, 0.15) is 64.7 Å². The first-order valence-electron chi connectivity index (χ1n) is 9.88. The Labute approximate surface area is 163 Å². The van der Waals surface area contributed by atoms with Crippen LogP contribution in [0, 0.1) is 0 Å². The summed E-state index contributed by atoms with van der Waals surface area (Å²) in [4.78, 5) is 10.4. The van der Waals surface area contributed by atoms with Crippen molar-refractivity contribution in [2.24, 2.45) is 0 Å². The number of allylic oxidation sites excluding steroid dienone is 5. The standard InChI is InChI=1S/C22H36O5/c1-2-3-4-5-6-9-13-19(23)14-10-7-8-11-15-20(24)16-12-17-21(25)18-22(26)27/h6-11,14-15,19-21,23-25H,2-5,12-13,16-18H2,1H3,(H,26,27)/b8-7+,9-6-,14-10+,15-11-. The molecule has 0 aliphatic carbocycles. The van der Waals surface area contributed by atoms with Crippen LogP contribution in [0.15, 0.2) is 48.6 Å². The molecule has 0 saturated carbocycles. The molecule has 0 rings (SSSR count). The monoisotopic (exact) mass is 380 g/mol. The molecule has 154 valence electrons. The lowest BCUT2D eigenvalue weighted by atomic mass is 10.1. The number of hydrogen-bond donors (Lipinski definition) is 4. The fourth-order valence-corrected chi connectivity index (χ4v) is 2.42. The second kappa shape index (κ2) is 17.7. The lowest BCUT2D eigenvalue weighted by molar-refractivity contribution is -0.139. The van der Waals surface area contributed by atoms with Crippen molar-refractivity contribution in [1.82, 2.24) is 0 Å². The summed E-state index contributed by atoms with van der Waals surface area (Å²) < 4.78 is 0. The van der Waals surface area contributed by atoms with Gasteiger partial charge in [0.25, 0.3) is 0 Å². The average molecular weight is 381 g/mol. The minimum absolute atomic E-state index is 0.262. The van der Waals surface area contributed by atoms with E-state index in [-0.39, 0.29) is 6.42 Å². The van der Waals surface area contributed by atoms with E-state index >= 15 is 0 Å². The molecule has 0 aromatic rings. The number of hydrogen-bond acceptors (Lipinski definition) is 4. The fraction of sp³-hybridized carbons (Fsp3) is 0.591. The number of aliphatic hydroxyl groups is 3. The Morgan fingerprint density at radius 1 is 0.852 bits per heavy atom. The normalized spacial score (nSPS) is 16.0. The first kappa shape index (κ1) is 25.3. The van der Waals surface area contributed by atoms with Crippen molar-refractivity contribution >= 4 is 5.97 Å². The summed E-state index contributed by atoms with van der Waals surface area (Å²) >= 11 is 0. The van der Waals surface area contributed by atoms with Crippen LogP contribution in [0.5, 0.6) is 0 Å². The Balaban J connectivity index is 3.85. The quantitative estimate of drug-likeness (QED) is 0.185. The Morgan fingerprint density at radius 2 is 1.52 bits per heavy atom. The van der Waals surface area contributed by atoms with Gasteiger partial charge in [-0.3, -0.25) is 4.79 Å². The van der Waals surface area contributed by atoms with Gasteiger partial charge in [-0.15, -0.1) is 0 Å². The summed E-state index contributed by atoms with van der Waals surface area (Å²) in [6.07, 6.45) is 19.0. The minimum atomic E-state index is -1.02. The molecular weight excluding hydrogens is 344 g/mol. The highest BCUT2D eigenvalue weighted by Crippen LogP contribution is 2.08. The van der Waals surface area contributed by atoms with Gasteiger partial charge in [-0.1, -0.05) is 68.4 Å². The lowest BCUT2D eigenvalue weighted by Crippen LogP contribution is -2.13. The van der Waals surface area contributed by atoms with Crippen molar-refractivity contribution in [3.8, 4) is 0 Å². The number of carboxylic acid groups (broad SMARTS) is 1. The van der Waals surface area contributed by atoms with Gasteiger partial charge in [0.2, 0.25) is 0 Å². The second-order valence-electron chi connectivity index (χ2n) is 6.67. The summed E-state index contributed by atoms with van der Waals surface area (Å²) in [5.74, 6) is -1.02. The van der Waals surface area contributed by atoms with Gasteiger partial charge < -0.3 is 20.4 Å². The van der Waals surface area contributed by atoms with E-state index < -0.39 is 24.3 Å². The molecule has 0 aromatic carbocycles. The van der Waals surface area contributed by atoms with E-state index in [1.807, 2.05) is 6.08 Å². The average Bonchev–Trinajstić information content (AvgIpc) is 2.60. The predicted molar refractivity (Wildman–Crippen MR) is 109 cm³/mol. The predicted octanol–water partition coefficient (Wildman–Crippen LogP) is 3.91. The molecule has 5 nitrogen and oxygen atoms in total. The molecule has 0 spiro atoms. The van der Waals surface area contributed by atoms with Crippen LogP contribution in [0.2, 0.25) is 0 Å². The topological polar surface area (TPSA) is 98.0 Å². The summed E-state index contributed by atoms with van der Waals surface area (Å²) in [6.45, 7) is 2.18. The smallest absolute Gasteiger partial charge is 0.305 e. The number of carbonyl (C=O) groups is 1. The van der Waals surface area contributed by atoms with E-state index in [0.29, 0.717) is 25.7 Å². The summed E-state index contributed by atoms with van der Waals surface area (Å²) in [7, 11) is 0. The highest BCUT2D eigenvalue weighted by Gasteiger charge is 2.09. The van der Waals surface area contributed by atoms with Gasteiger partial charge in [0.1, 0.15) is 0 Å². The molecule has 0 amide bonds. The third-order valence-electron chi connectivity index (χ3n) is 3.97. The van der Waals surface area contributed by atoms with Crippen LogP contribution in [-0.4, -0.2) is 44.7 Å².